The lowest BCUT2D eigenvalue weighted by Gasteiger charge is -2.15. The predicted octanol–water partition coefficient (Wildman–Crippen LogP) is 3.27. The Morgan fingerprint density at radius 3 is 2.71 bits per heavy atom. The van der Waals surface area contributed by atoms with Crippen molar-refractivity contribution in [1.82, 2.24) is 0 Å². The van der Waals surface area contributed by atoms with Crippen LogP contribution in [-0.2, 0) is 4.79 Å². The normalized spacial score (nSPS) is 11.3. The van der Waals surface area contributed by atoms with Gasteiger partial charge in [-0.25, -0.2) is 0 Å². The van der Waals surface area contributed by atoms with Crippen molar-refractivity contribution in [2.24, 2.45) is 0 Å². The van der Waals surface area contributed by atoms with E-state index < -0.39 is 6.10 Å². The van der Waals surface area contributed by atoms with Crippen LogP contribution in [0.2, 0.25) is 0 Å². The van der Waals surface area contributed by atoms with E-state index in [1.54, 1.807) is 31.2 Å². The SMILES string of the molecule is Cc1cccc(NC(=O)[C@H](C)Oc2ccccc2C#N)c1. The first-order valence-corrected chi connectivity index (χ1v) is 6.63. The molecule has 0 heterocycles. The second-order valence-electron chi connectivity index (χ2n) is 4.73. The van der Waals surface area contributed by atoms with Gasteiger partial charge < -0.3 is 10.1 Å². The van der Waals surface area contributed by atoms with Crippen molar-refractivity contribution in [1.29, 1.82) is 5.26 Å². The van der Waals surface area contributed by atoms with Crippen LogP contribution < -0.4 is 10.1 Å². The summed E-state index contributed by atoms with van der Waals surface area (Å²) in [6.45, 7) is 3.61. The van der Waals surface area contributed by atoms with Crippen molar-refractivity contribution >= 4 is 11.6 Å². The fourth-order valence-corrected chi connectivity index (χ4v) is 1.87. The third-order valence-electron chi connectivity index (χ3n) is 2.97. The Morgan fingerprint density at radius 2 is 2.00 bits per heavy atom. The topological polar surface area (TPSA) is 62.1 Å². The van der Waals surface area contributed by atoms with Crippen LogP contribution in [0.15, 0.2) is 48.5 Å². The van der Waals surface area contributed by atoms with Crippen molar-refractivity contribution in [2.75, 3.05) is 5.32 Å². The number of hydrogen-bond donors (Lipinski definition) is 1. The van der Waals surface area contributed by atoms with Gasteiger partial charge in [-0.05, 0) is 43.7 Å². The third-order valence-corrected chi connectivity index (χ3v) is 2.97. The molecule has 0 saturated carbocycles. The number of nitrogens with zero attached hydrogens (tertiary/aromatic N) is 1. The molecule has 0 saturated heterocycles. The average Bonchev–Trinajstić information content (AvgIpc) is 2.47. The summed E-state index contributed by atoms with van der Waals surface area (Å²) in [7, 11) is 0. The molecule has 0 unspecified atom stereocenters. The zero-order valence-electron chi connectivity index (χ0n) is 12.0. The summed E-state index contributed by atoms with van der Waals surface area (Å²) in [4.78, 5) is 12.1. The fourth-order valence-electron chi connectivity index (χ4n) is 1.87. The van der Waals surface area contributed by atoms with Gasteiger partial charge in [0.2, 0.25) is 0 Å². The molecule has 0 fully saturated rings. The Bertz CT molecular complexity index is 689. The number of aryl methyl sites for hydroxylation is 1. The first kappa shape index (κ1) is 14.6. The number of hydrogen-bond acceptors (Lipinski definition) is 3. The minimum Gasteiger partial charge on any atom is -0.480 e. The quantitative estimate of drug-likeness (QED) is 0.935. The van der Waals surface area contributed by atoms with E-state index in [9.17, 15) is 4.79 Å². The van der Waals surface area contributed by atoms with Gasteiger partial charge in [-0.3, -0.25) is 4.79 Å². The highest BCUT2D eigenvalue weighted by Crippen LogP contribution is 2.19. The van der Waals surface area contributed by atoms with Crippen molar-refractivity contribution in [3.05, 3.63) is 59.7 Å². The Kier molecular flexibility index (Phi) is 4.57. The Labute approximate surface area is 124 Å². The molecule has 2 aromatic rings. The summed E-state index contributed by atoms with van der Waals surface area (Å²) in [5, 5.41) is 11.8. The van der Waals surface area contributed by atoms with Gasteiger partial charge in [-0.15, -0.1) is 0 Å². The number of nitrogens with one attached hydrogen (secondary N) is 1. The van der Waals surface area contributed by atoms with Gasteiger partial charge in [0.1, 0.15) is 11.8 Å². The Morgan fingerprint density at radius 1 is 1.24 bits per heavy atom. The van der Waals surface area contributed by atoms with Crippen LogP contribution in [0.25, 0.3) is 0 Å². The first-order chi connectivity index (χ1) is 10.1. The zero-order valence-corrected chi connectivity index (χ0v) is 12.0. The van der Waals surface area contributed by atoms with Crippen LogP contribution in [0.5, 0.6) is 5.75 Å². The summed E-state index contributed by atoms with van der Waals surface area (Å²) < 4.78 is 5.57. The van der Waals surface area contributed by atoms with Gasteiger partial charge in [0.05, 0.1) is 5.56 Å². The molecular weight excluding hydrogens is 264 g/mol. The van der Waals surface area contributed by atoms with Gasteiger partial charge in [0, 0.05) is 5.69 Å². The first-order valence-electron chi connectivity index (χ1n) is 6.63. The highest BCUT2D eigenvalue weighted by Gasteiger charge is 2.16. The molecule has 1 atom stereocenters. The molecule has 2 aromatic carbocycles. The second kappa shape index (κ2) is 6.58. The monoisotopic (exact) mass is 280 g/mol. The lowest BCUT2D eigenvalue weighted by Crippen LogP contribution is -2.30. The summed E-state index contributed by atoms with van der Waals surface area (Å²) in [5.74, 6) is 0.153. The van der Waals surface area contributed by atoms with Crippen LogP contribution >= 0.6 is 0 Å². The number of carbonyl (C=O) groups is 1. The van der Waals surface area contributed by atoms with Crippen molar-refractivity contribution in [3.63, 3.8) is 0 Å². The van der Waals surface area contributed by atoms with Gasteiger partial charge in [0.25, 0.3) is 5.91 Å². The number of nitriles is 1. The highest BCUT2D eigenvalue weighted by atomic mass is 16.5. The van der Waals surface area contributed by atoms with E-state index in [2.05, 4.69) is 5.32 Å². The summed E-state index contributed by atoms with van der Waals surface area (Å²) in [6, 6.07) is 16.4. The predicted molar refractivity (Wildman–Crippen MR) is 81.1 cm³/mol. The second-order valence-corrected chi connectivity index (χ2v) is 4.73. The number of rotatable bonds is 4. The standard InChI is InChI=1S/C17H16N2O2/c1-12-6-5-8-15(10-12)19-17(20)13(2)21-16-9-4-3-7-14(16)11-18/h3-10,13H,1-2H3,(H,19,20)/t13-/m0/s1. The minimum absolute atomic E-state index is 0.256. The van der Waals surface area contributed by atoms with Crippen molar-refractivity contribution < 1.29 is 9.53 Å². The summed E-state index contributed by atoms with van der Waals surface area (Å²) >= 11 is 0. The van der Waals surface area contributed by atoms with Crippen molar-refractivity contribution in [2.45, 2.75) is 20.0 Å². The maximum Gasteiger partial charge on any atom is 0.265 e. The van der Waals surface area contributed by atoms with E-state index in [-0.39, 0.29) is 5.91 Å². The molecule has 4 nitrogen and oxygen atoms in total. The van der Waals surface area contributed by atoms with E-state index in [4.69, 9.17) is 10.00 Å². The molecule has 1 N–H and O–H groups in total. The number of amides is 1. The molecule has 2 rings (SSSR count). The third kappa shape index (κ3) is 3.83. The molecule has 21 heavy (non-hydrogen) atoms. The molecule has 0 spiro atoms. The van der Waals surface area contributed by atoms with E-state index >= 15 is 0 Å². The Hall–Kier alpha value is -2.80. The summed E-state index contributed by atoms with van der Waals surface area (Å²) in [6.07, 6.45) is -0.694. The molecule has 0 bridgehead atoms. The molecule has 0 aromatic heterocycles. The van der Waals surface area contributed by atoms with Crippen molar-refractivity contribution in [3.8, 4) is 11.8 Å². The number of carbonyl (C=O) groups excluding carboxylic acids is 1. The van der Waals surface area contributed by atoms with Gasteiger partial charge in [-0.2, -0.15) is 5.26 Å². The average molecular weight is 280 g/mol. The number of anilines is 1. The highest BCUT2D eigenvalue weighted by molar-refractivity contribution is 5.94. The smallest absolute Gasteiger partial charge is 0.265 e. The van der Waals surface area contributed by atoms with Crippen LogP contribution in [0.3, 0.4) is 0 Å². The van der Waals surface area contributed by atoms with E-state index in [0.29, 0.717) is 11.3 Å². The molecule has 0 aliphatic heterocycles. The molecule has 0 aliphatic carbocycles. The lowest BCUT2D eigenvalue weighted by atomic mass is 10.2. The van der Waals surface area contributed by atoms with Crippen LogP contribution in [-0.4, -0.2) is 12.0 Å². The largest absolute Gasteiger partial charge is 0.480 e. The molecule has 0 aliphatic rings. The number of para-hydroxylation sites is 1. The van der Waals surface area contributed by atoms with Crippen LogP contribution in [0.4, 0.5) is 5.69 Å². The fraction of sp³-hybridized carbons (Fsp3) is 0.176. The molecular formula is C17H16N2O2. The van der Waals surface area contributed by atoms with Gasteiger partial charge in [-0.1, -0.05) is 24.3 Å². The maximum atomic E-state index is 12.1. The molecule has 106 valence electrons. The maximum absolute atomic E-state index is 12.1. The van der Waals surface area contributed by atoms with E-state index in [1.165, 1.54) is 0 Å². The van der Waals surface area contributed by atoms with E-state index in [1.807, 2.05) is 37.3 Å². The lowest BCUT2D eigenvalue weighted by molar-refractivity contribution is -0.122. The zero-order chi connectivity index (χ0) is 15.2. The molecule has 0 radical (unpaired) electrons. The van der Waals surface area contributed by atoms with Crippen LogP contribution in [0.1, 0.15) is 18.1 Å². The van der Waals surface area contributed by atoms with E-state index in [0.717, 1.165) is 11.3 Å². The summed E-state index contributed by atoms with van der Waals surface area (Å²) in [5.41, 5.74) is 2.20. The van der Waals surface area contributed by atoms with Gasteiger partial charge in [0.15, 0.2) is 6.10 Å². The number of ether oxygens (including phenoxy) is 1. The minimum atomic E-state index is -0.694. The van der Waals surface area contributed by atoms with Crippen LogP contribution in [0, 0.1) is 18.3 Å². The Balaban J connectivity index is 2.05. The van der Waals surface area contributed by atoms with Gasteiger partial charge >= 0.3 is 0 Å². The molecule has 1 amide bonds. The molecule has 4 heteroatoms. The number of benzene rings is 2.